The molecule has 2 aliphatic heterocycles. The van der Waals surface area contributed by atoms with Gasteiger partial charge in [-0.05, 0) is 45.2 Å². The summed E-state index contributed by atoms with van der Waals surface area (Å²) >= 11 is 0. The summed E-state index contributed by atoms with van der Waals surface area (Å²) in [5.41, 5.74) is 0. The monoisotopic (exact) mass is 297 g/mol. The highest BCUT2D eigenvalue weighted by atomic mass is 16.4. The summed E-state index contributed by atoms with van der Waals surface area (Å²) in [7, 11) is 3.99. The molecule has 1 unspecified atom stereocenters. The van der Waals surface area contributed by atoms with E-state index in [1.807, 2.05) is 16.8 Å². The largest absolute Gasteiger partial charge is 0.481 e. The third-order valence-corrected chi connectivity index (χ3v) is 4.83. The lowest BCUT2D eigenvalue weighted by atomic mass is 9.94. The Morgan fingerprint density at radius 3 is 2.38 bits per heavy atom. The van der Waals surface area contributed by atoms with Crippen LogP contribution in [0.1, 0.15) is 32.1 Å². The first-order valence-corrected chi connectivity index (χ1v) is 7.89. The first-order valence-electron chi connectivity index (χ1n) is 7.89. The molecule has 0 aromatic carbocycles. The van der Waals surface area contributed by atoms with Crippen LogP contribution in [-0.4, -0.2) is 78.1 Å². The Hall–Kier alpha value is -1.30. The van der Waals surface area contributed by atoms with E-state index in [9.17, 15) is 9.59 Å². The molecule has 0 aliphatic carbocycles. The molecular weight excluding hydrogens is 270 g/mol. The molecule has 0 aromatic rings. The Bertz CT molecular complexity index is 380. The Balaban J connectivity index is 1.77. The van der Waals surface area contributed by atoms with Gasteiger partial charge in [0.2, 0.25) is 0 Å². The highest BCUT2D eigenvalue weighted by Crippen LogP contribution is 2.22. The molecule has 0 aromatic heterocycles. The number of aliphatic carboxylic acids is 1. The van der Waals surface area contributed by atoms with Crippen LogP contribution in [0, 0.1) is 5.92 Å². The smallest absolute Gasteiger partial charge is 0.319 e. The molecule has 2 amide bonds. The van der Waals surface area contributed by atoms with Crippen molar-refractivity contribution in [3.05, 3.63) is 0 Å². The van der Waals surface area contributed by atoms with E-state index < -0.39 is 5.97 Å². The SMILES string of the molecule is CN(CC1CCCN1C)C(=O)N1CCC(CC(=O)O)CC1. The van der Waals surface area contributed by atoms with Crippen molar-refractivity contribution in [2.75, 3.05) is 40.3 Å². The maximum atomic E-state index is 12.4. The molecule has 0 radical (unpaired) electrons. The van der Waals surface area contributed by atoms with E-state index in [1.165, 1.54) is 6.42 Å². The molecule has 120 valence electrons. The average Bonchev–Trinajstić information content (AvgIpc) is 2.83. The number of nitrogens with zero attached hydrogens (tertiary/aromatic N) is 3. The molecule has 2 saturated heterocycles. The second-order valence-corrected chi connectivity index (χ2v) is 6.47. The highest BCUT2D eigenvalue weighted by Gasteiger charge is 2.28. The number of carboxylic acid groups (broad SMARTS) is 1. The number of urea groups is 1. The summed E-state index contributed by atoms with van der Waals surface area (Å²) in [5, 5.41) is 8.82. The topological polar surface area (TPSA) is 64.1 Å². The molecule has 0 saturated carbocycles. The maximum Gasteiger partial charge on any atom is 0.319 e. The number of likely N-dealkylation sites (N-methyl/N-ethyl adjacent to an activating group) is 2. The van der Waals surface area contributed by atoms with Crippen LogP contribution < -0.4 is 0 Å². The van der Waals surface area contributed by atoms with Gasteiger partial charge in [0, 0.05) is 39.1 Å². The molecule has 2 rings (SSSR count). The minimum Gasteiger partial charge on any atom is -0.481 e. The molecule has 6 heteroatoms. The van der Waals surface area contributed by atoms with Crippen LogP contribution in [-0.2, 0) is 4.79 Å². The summed E-state index contributed by atoms with van der Waals surface area (Å²) in [6.45, 7) is 3.26. The lowest BCUT2D eigenvalue weighted by Gasteiger charge is -2.35. The van der Waals surface area contributed by atoms with Crippen molar-refractivity contribution in [3.63, 3.8) is 0 Å². The molecule has 1 atom stereocenters. The fourth-order valence-corrected chi connectivity index (χ4v) is 3.42. The van der Waals surface area contributed by atoms with Gasteiger partial charge in [-0.3, -0.25) is 4.79 Å². The van der Waals surface area contributed by atoms with Crippen molar-refractivity contribution in [2.45, 2.75) is 38.1 Å². The average molecular weight is 297 g/mol. The number of hydrogen-bond donors (Lipinski definition) is 1. The number of hydrogen-bond acceptors (Lipinski definition) is 3. The number of amides is 2. The van der Waals surface area contributed by atoms with Crippen LogP contribution in [0.4, 0.5) is 4.79 Å². The minimum absolute atomic E-state index is 0.0871. The first kappa shape index (κ1) is 16.1. The van der Waals surface area contributed by atoms with Gasteiger partial charge in [0.05, 0.1) is 0 Å². The van der Waals surface area contributed by atoms with Crippen LogP contribution in [0.25, 0.3) is 0 Å². The maximum absolute atomic E-state index is 12.4. The molecule has 6 nitrogen and oxygen atoms in total. The minimum atomic E-state index is -0.735. The summed E-state index contributed by atoms with van der Waals surface area (Å²) in [6.07, 6.45) is 4.20. The normalized spacial score (nSPS) is 24.3. The Labute approximate surface area is 126 Å². The summed E-state index contributed by atoms with van der Waals surface area (Å²) in [4.78, 5) is 29.2. The van der Waals surface area contributed by atoms with Crippen molar-refractivity contribution in [2.24, 2.45) is 5.92 Å². The van der Waals surface area contributed by atoms with Crippen molar-refractivity contribution in [1.82, 2.24) is 14.7 Å². The predicted molar refractivity (Wildman–Crippen MR) is 80.2 cm³/mol. The van der Waals surface area contributed by atoms with Gasteiger partial charge in [-0.15, -0.1) is 0 Å². The van der Waals surface area contributed by atoms with Crippen LogP contribution in [0.2, 0.25) is 0 Å². The van der Waals surface area contributed by atoms with Crippen LogP contribution >= 0.6 is 0 Å². The Morgan fingerprint density at radius 1 is 1.19 bits per heavy atom. The second-order valence-electron chi connectivity index (χ2n) is 6.47. The van der Waals surface area contributed by atoms with Gasteiger partial charge in [0.1, 0.15) is 0 Å². The summed E-state index contributed by atoms with van der Waals surface area (Å²) in [5.74, 6) is -0.515. The van der Waals surface area contributed by atoms with Gasteiger partial charge < -0.3 is 19.8 Å². The van der Waals surface area contributed by atoms with Gasteiger partial charge in [-0.2, -0.15) is 0 Å². The summed E-state index contributed by atoms with van der Waals surface area (Å²) in [6, 6.07) is 0.563. The van der Waals surface area contributed by atoms with Crippen LogP contribution in [0.15, 0.2) is 0 Å². The number of piperidine rings is 1. The molecule has 21 heavy (non-hydrogen) atoms. The molecule has 0 spiro atoms. The quantitative estimate of drug-likeness (QED) is 0.850. The van der Waals surface area contributed by atoms with E-state index in [1.54, 1.807) is 0 Å². The van der Waals surface area contributed by atoms with Gasteiger partial charge in [-0.1, -0.05) is 0 Å². The number of rotatable bonds is 4. The van der Waals surface area contributed by atoms with E-state index in [-0.39, 0.29) is 18.4 Å². The van der Waals surface area contributed by atoms with E-state index in [0.29, 0.717) is 19.1 Å². The predicted octanol–water partition coefficient (Wildman–Crippen LogP) is 1.32. The van der Waals surface area contributed by atoms with Crippen LogP contribution in [0.5, 0.6) is 0 Å². The lowest BCUT2D eigenvalue weighted by Crippen LogP contribution is -2.48. The van der Waals surface area contributed by atoms with Crippen LogP contribution in [0.3, 0.4) is 0 Å². The molecule has 0 bridgehead atoms. The van der Waals surface area contributed by atoms with Gasteiger partial charge >= 0.3 is 12.0 Å². The second kappa shape index (κ2) is 7.11. The van der Waals surface area contributed by atoms with Gasteiger partial charge in [0.25, 0.3) is 0 Å². The molecule has 2 fully saturated rings. The van der Waals surface area contributed by atoms with Crippen molar-refractivity contribution >= 4 is 12.0 Å². The highest BCUT2D eigenvalue weighted by molar-refractivity contribution is 5.74. The first-order chi connectivity index (χ1) is 9.97. The Morgan fingerprint density at radius 2 is 1.86 bits per heavy atom. The zero-order valence-electron chi connectivity index (χ0n) is 13.1. The van der Waals surface area contributed by atoms with Crippen molar-refractivity contribution < 1.29 is 14.7 Å². The molecular formula is C15H27N3O3. The lowest BCUT2D eigenvalue weighted by molar-refractivity contribution is -0.138. The van der Waals surface area contributed by atoms with Crippen molar-refractivity contribution in [3.8, 4) is 0 Å². The summed E-state index contributed by atoms with van der Waals surface area (Å²) < 4.78 is 0. The van der Waals surface area contributed by atoms with E-state index in [4.69, 9.17) is 5.11 Å². The van der Waals surface area contributed by atoms with E-state index in [2.05, 4.69) is 11.9 Å². The standard InChI is InChI=1S/C15H27N3O3/c1-16-7-3-4-13(16)11-17(2)15(21)18-8-5-12(6-9-18)10-14(19)20/h12-13H,3-11H2,1-2H3,(H,19,20). The number of likely N-dealkylation sites (tertiary alicyclic amines) is 2. The molecule has 2 aliphatic rings. The van der Waals surface area contributed by atoms with Gasteiger partial charge in [-0.25, -0.2) is 4.79 Å². The third-order valence-electron chi connectivity index (χ3n) is 4.83. The molecule has 2 heterocycles. The van der Waals surface area contributed by atoms with Gasteiger partial charge in [0.15, 0.2) is 0 Å². The van der Waals surface area contributed by atoms with E-state index >= 15 is 0 Å². The van der Waals surface area contributed by atoms with Crippen molar-refractivity contribution in [1.29, 1.82) is 0 Å². The fourth-order valence-electron chi connectivity index (χ4n) is 3.42. The zero-order valence-corrected chi connectivity index (χ0v) is 13.1. The zero-order chi connectivity index (χ0) is 15.4. The number of carbonyl (C=O) groups is 2. The molecule has 1 N–H and O–H groups in total. The van der Waals surface area contributed by atoms with E-state index in [0.717, 1.165) is 32.4 Å². The number of carboxylic acids is 1. The number of carbonyl (C=O) groups excluding carboxylic acids is 1. The third kappa shape index (κ3) is 4.33. The fraction of sp³-hybridized carbons (Fsp3) is 0.867. The Kier molecular flexibility index (Phi) is 5.45.